The third kappa shape index (κ3) is 3.59. The average Bonchev–Trinajstić information content (AvgIpc) is 3.20. The van der Waals surface area contributed by atoms with E-state index >= 15 is 0 Å². The second-order valence-electron chi connectivity index (χ2n) is 7.10. The molecule has 152 valence electrons. The van der Waals surface area contributed by atoms with Crippen molar-refractivity contribution in [3.05, 3.63) is 77.6 Å². The van der Waals surface area contributed by atoms with Gasteiger partial charge in [-0.25, -0.2) is 4.98 Å². The number of fused-ring (bicyclic) bond motifs is 1. The highest BCUT2D eigenvalue weighted by Gasteiger charge is 2.13. The smallest absolute Gasteiger partial charge is 0.255 e. The topological polar surface area (TPSA) is 64.9 Å². The zero-order chi connectivity index (χ0) is 21.3. The van der Waals surface area contributed by atoms with Crippen LogP contribution in [0.1, 0.15) is 21.5 Å². The summed E-state index contributed by atoms with van der Waals surface area (Å²) >= 11 is 0. The van der Waals surface area contributed by atoms with Crippen LogP contribution in [0.5, 0.6) is 11.5 Å². The molecule has 0 unspecified atom stereocenters. The zero-order valence-corrected chi connectivity index (χ0v) is 17.4. The van der Waals surface area contributed by atoms with Gasteiger partial charge in [0, 0.05) is 29.2 Å². The molecule has 0 aliphatic heterocycles. The molecule has 6 heteroatoms. The molecule has 6 nitrogen and oxygen atoms in total. The number of methoxy groups -OCH3 is 2. The van der Waals surface area contributed by atoms with E-state index in [1.165, 1.54) is 0 Å². The second kappa shape index (κ2) is 7.91. The third-order valence-corrected chi connectivity index (χ3v) is 5.11. The van der Waals surface area contributed by atoms with Gasteiger partial charge in [-0.15, -0.1) is 0 Å². The molecule has 0 aliphatic rings. The zero-order valence-electron chi connectivity index (χ0n) is 17.4. The average molecular weight is 401 g/mol. The molecule has 0 bridgehead atoms. The molecule has 2 aromatic carbocycles. The first-order valence-corrected chi connectivity index (χ1v) is 9.59. The molecular weight excluding hydrogens is 378 g/mol. The maximum atomic E-state index is 12.8. The number of aryl methyl sites for hydroxylation is 2. The summed E-state index contributed by atoms with van der Waals surface area (Å²) in [5, 5.41) is 3.00. The Morgan fingerprint density at radius 2 is 1.77 bits per heavy atom. The lowest BCUT2D eigenvalue weighted by atomic mass is 10.1. The van der Waals surface area contributed by atoms with Crippen LogP contribution in [0.4, 0.5) is 5.69 Å². The number of benzene rings is 2. The summed E-state index contributed by atoms with van der Waals surface area (Å²) in [7, 11) is 3.11. The molecular formula is C24H23N3O3. The van der Waals surface area contributed by atoms with E-state index in [-0.39, 0.29) is 5.91 Å². The lowest BCUT2D eigenvalue weighted by molar-refractivity contribution is 0.102. The SMILES string of the molecule is COc1ccc(C(=O)Nc2cc(-c3cn4cccc(C)c4n3)ccc2C)cc1OC. The number of nitrogens with zero attached hydrogens (tertiary/aromatic N) is 2. The minimum Gasteiger partial charge on any atom is -0.493 e. The fourth-order valence-corrected chi connectivity index (χ4v) is 3.38. The number of imidazole rings is 1. The van der Waals surface area contributed by atoms with Gasteiger partial charge in [-0.1, -0.05) is 18.2 Å². The van der Waals surface area contributed by atoms with Crippen molar-refractivity contribution in [3.8, 4) is 22.8 Å². The van der Waals surface area contributed by atoms with Crippen LogP contribution in [0.2, 0.25) is 0 Å². The first-order chi connectivity index (χ1) is 14.5. The summed E-state index contributed by atoms with van der Waals surface area (Å²) in [6.07, 6.45) is 3.97. The summed E-state index contributed by atoms with van der Waals surface area (Å²) in [4.78, 5) is 17.6. The van der Waals surface area contributed by atoms with Crippen molar-refractivity contribution in [1.29, 1.82) is 0 Å². The predicted molar refractivity (Wildman–Crippen MR) is 118 cm³/mol. The highest BCUT2D eigenvalue weighted by molar-refractivity contribution is 6.05. The van der Waals surface area contributed by atoms with E-state index in [9.17, 15) is 4.79 Å². The summed E-state index contributed by atoms with van der Waals surface area (Å²) < 4.78 is 12.5. The fourth-order valence-electron chi connectivity index (χ4n) is 3.38. The van der Waals surface area contributed by atoms with Crippen LogP contribution in [0.3, 0.4) is 0 Å². The molecule has 4 aromatic rings. The maximum Gasteiger partial charge on any atom is 0.255 e. The Bertz CT molecular complexity index is 1240. The predicted octanol–water partition coefficient (Wildman–Crippen LogP) is 4.89. The number of rotatable bonds is 5. The Hall–Kier alpha value is -3.80. The number of ether oxygens (including phenoxy) is 2. The van der Waals surface area contributed by atoms with Crippen LogP contribution in [-0.4, -0.2) is 29.5 Å². The molecule has 4 rings (SSSR count). The highest BCUT2D eigenvalue weighted by Crippen LogP contribution is 2.29. The van der Waals surface area contributed by atoms with Crippen molar-refractivity contribution in [2.24, 2.45) is 0 Å². The van der Waals surface area contributed by atoms with E-state index in [2.05, 4.69) is 5.32 Å². The first-order valence-electron chi connectivity index (χ1n) is 9.59. The number of nitrogens with one attached hydrogen (secondary N) is 1. The Kier molecular flexibility index (Phi) is 5.14. The summed E-state index contributed by atoms with van der Waals surface area (Å²) in [5.74, 6) is 0.868. The van der Waals surface area contributed by atoms with Crippen LogP contribution >= 0.6 is 0 Å². The lowest BCUT2D eigenvalue weighted by Gasteiger charge is -2.12. The van der Waals surface area contributed by atoms with Gasteiger partial charge in [0.15, 0.2) is 11.5 Å². The number of aromatic nitrogens is 2. The second-order valence-corrected chi connectivity index (χ2v) is 7.10. The molecule has 0 spiro atoms. The normalized spacial score (nSPS) is 10.8. The lowest BCUT2D eigenvalue weighted by Crippen LogP contribution is -2.13. The highest BCUT2D eigenvalue weighted by atomic mass is 16.5. The van der Waals surface area contributed by atoms with Gasteiger partial charge in [-0.3, -0.25) is 4.79 Å². The van der Waals surface area contributed by atoms with Gasteiger partial charge in [0.2, 0.25) is 0 Å². The number of amides is 1. The van der Waals surface area contributed by atoms with Crippen molar-refractivity contribution >= 4 is 17.2 Å². The van der Waals surface area contributed by atoms with Crippen LogP contribution < -0.4 is 14.8 Å². The maximum absolute atomic E-state index is 12.8. The van der Waals surface area contributed by atoms with Crippen LogP contribution in [0.25, 0.3) is 16.9 Å². The van der Waals surface area contributed by atoms with Gasteiger partial charge in [-0.05, 0) is 55.3 Å². The Morgan fingerprint density at radius 1 is 0.967 bits per heavy atom. The van der Waals surface area contributed by atoms with E-state index in [0.29, 0.717) is 17.1 Å². The van der Waals surface area contributed by atoms with Gasteiger partial charge < -0.3 is 19.2 Å². The largest absolute Gasteiger partial charge is 0.493 e. The van der Waals surface area contributed by atoms with Crippen molar-refractivity contribution in [3.63, 3.8) is 0 Å². The molecule has 0 fully saturated rings. The minimum absolute atomic E-state index is 0.220. The Labute approximate surface area is 175 Å². The van der Waals surface area contributed by atoms with E-state index in [1.807, 2.05) is 61.0 Å². The summed E-state index contributed by atoms with van der Waals surface area (Å²) in [5.41, 5.74) is 6.01. The molecule has 0 saturated heterocycles. The molecule has 2 heterocycles. The number of hydrogen-bond acceptors (Lipinski definition) is 4. The van der Waals surface area contributed by atoms with Crippen LogP contribution in [-0.2, 0) is 0 Å². The molecule has 0 atom stereocenters. The van der Waals surface area contributed by atoms with Gasteiger partial charge >= 0.3 is 0 Å². The first kappa shape index (κ1) is 19.5. The third-order valence-electron chi connectivity index (χ3n) is 5.11. The molecule has 30 heavy (non-hydrogen) atoms. The van der Waals surface area contributed by atoms with Crippen LogP contribution in [0, 0.1) is 13.8 Å². The number of anilines is 1. The van der Waals surface area contributed by atoms with E-state index in [4.69, 9.17) is 14.5 Å². The van der Waals surface area contributed by atoms with E-state index < -0.39 is 0 Å². The van der Waals surface area contributed by atoms with Crippen molar-refractivity contribution in [2.45, 2.75) is 13.8 Å². The number of carbonyl (C=O) groups is 1. The van der Waals surface area contributed by atoms with Crippen LogP contribution in [0.15, 0.2) is 60.9 Å². The quantitative estimate of drug-likeness (QED) is 0.517. The molecule has 1 amide bonds. The van der Waals surface area contributed by atoms with Crippen molar-refractivity contribution < 1.29 is 14.3 Å². The van der Waals surface area contributed by atoms with Gasteiger partial charge in [0.05, 0.1) is 19.9 Å². The Morgan fingerprint density at radius 3 is 2.50 bits per heavy atom. The summed E-state index contributed by atoms with van der Waals surface area (Å²) in [6, 6.07) is 15.1. The summed E-state index contributed by atoms with van der Waals surface area (Å²) in [6.45, 7) is 4.00. The molecule has 2 aromatic heterocycles. The van der Waals surface area contributed by atoms with Gasteiger partial charge in [0.1, 0.15) is 5.65 Å². The van der Waals surface area contributed by atoms with E-state index in [1.54, 1.807) is 32.4 Å². The van der Waals surface area contributed by atoms with E-state index in [0.717, 1.165) is 33.7 Å². The molecule has 0 saturated carbocycles. The van der Waals surface area contributed by atoms with Crippen molar-refractivity contribution in [1.82, 2.24) is 9.38 Å². The molecule has 1 N–H and O–H groups in total. The Balaban J connectivity index is 1.65. The number of carbonyl (C=O) groups excluding carboxylic acids is 1. The minimum atomic E-state index is -0.220. The molecule has 0 radical (unpaired) electrons. The standard InChI is InChI=1S/C24H23N3O3/c1-15-7-8-17(20-14-27-11-5-6-16(2)23(27)25-20)12-19(15)26-24(28)18-9-10-21(29-3)22(13-18)30-4/h5-14H,1-4H3,(H,26,28). The number of hydrogen-bond donors (Lipinski definition) is 1. The number of pyridine rings is 1. The van der Waals surface area contributed by atoms with Gasteiger partial charge in [0.25, 0.3) is 5.91 Å². The molecule has 0 aliphatic carbocycles. The monoisotopic (exact) mass is 401 g/mol. The van der Waals surface area contributed by atoms with Gasteiger partial charge in [-0.2, -0.15) is 0 Å². The van der Waals surface area contributed by atoms with Crippen molar-refractivity contribution in [2.75, 3.05) is 19.5 Å². The fraction of sp³-hybridized carbons (Fsp3) is 0.167.